The van der Waals surface area contributed by atoms with E-state index in [1.807, 2.05) is 6.08 Å². The molecule has 0 heteroatoms. The second-order valence-corrected chi connectivity index (χ2v) is 19.6. The zero-order valence-electron chi connectivity index (χ0n) is 35.0. The molecule has 2 atom stereocenters. The van der Waals surface area contributed by atoms with Gasteiger partial charge in [-0.05, 0) is 171 Å². The quantitative estimate of drug-likeness (QED) is 0.0935. The summed E-state index contributed by atoms with van der Waals surface area (Å²) >= 11 is 0. The average molecular weight is 749 g/mol. The topological polar surface area (TPSA) is 0 Å². The Morgan fingerprint density at radius 3 is 1.53 bits per heavy atom. The molecule has 0 radical (unpaired) electrons. The molecule has 11 rings (SSSR count). The van der Waals surface area contributed by atoms with Gasteiger partial charge < -0.3 is 0 Å². The van der Waals surface area contributed by atoms with Crippen LogP contribution in [0.4, 0.5) is 0 Å². The van der Waals surface area contributed by atoms with Crippen molar-refractivity contribution in [2.24, 2.45) is 11.8 Å². The van der Waals surface area contributed by atoms with Crippen LogP contribution < -0.4 is 0 Å². The van der Waals surface area contributed by atoms with Gasteiger partial charge in [-0.1, -0.05) is 169 Å². The molecule has 0 N–H and O–H groups in total. The fourth-order valence-electron chi connectivity index (χ4n) is 13.5. The van der Waals surface area contributed by atoms with Crippen molar-refractivity contribution < 1.29 is 0 Å². The van der Waals surface area contributed by atoms with Crippen molar-refractivity contribution in [2.45, 2.75) is 146 Å². The van der Waals surface area contributed by atoms with E-state index in [9.17, 15) is 0 Å². The van der Waals surface area contributed by atoms with Gasteiger partial charge in [0.15, 0.2) is 0 Å². The molecule has 0 aromatic heterocycles. The lowest BCUT2D eigenvalue weighted by atomic mass is 9.41. The second kappa shape index (κ2) is 14.9. The molecule has 0 heterocycles. The first kappa shape index (κ1) is 37.1. The molecule has 4 fully saturated rings. The van der Waals surface area contributed by atoms with Crippen LogP contribution in [0.2, 0.25) is 0 Å². The van der Waals surface area contributed by atoms with Crippen molar-refractivity contribution in [1.82, 2.24) is 0 Å². The summed E-state index contributed by atoms with van der Waals surface area (Å²) in [6.07, 6.45) is 25.7. The van der Waals surface area contributed by atoms with Crippen molar-refractivity contribution >= 4 is 6.08 Å². The highest BCUT2D eigenvalue weighted by Gasteiger charge is 2.58. The zero-order chi connectivity index (χ0) is 38.6. The molecule has 4 bridgehead atoms. The van der Waals surface area contributed by atoms with Gasteiger partial charge in [0.1, 0.15) is 0 Å². The smallest absolute Gasteiger partial charge is 0.0215 e. The molecule has 2 unspecified atom stereocenters. The van der Waals surface area contributed by atoms with Crippen LogP contribution in [0.25, 0.3) is 39.5 Å². The van der Waals surface area contributed by atoms with Crippen LogP contribution in [0.5, 0.6) is 0 Å². The largest absolute Gasteiger partial charge is 0.0985 e. The standard InChI is InChI=1S/C57H64/c1-4-7-9-11-29-57(30-12-10-8-5-2)53-33-47(21-27-51(53)52-28-22-48(34-54(52)57)46-18-16-43-15-17-45(43)32-46)44-19-25-50(26-20-44)56-37-41-31-42(38-56)36-55(35-41,39-56)49-23-13-40(6-3)14-24-49/h6,13-14,16,18-28,32-34,41-42H,3-5,7-12,15,17,29-31,35-39H2,1-2H3. The highest BCUT2D eigenvalue weighted by molar-refractivity contribution is 5.86. The summed E-state index contributed by atoms with van der Waals surface area (Å²) in [4.78, 5) is 0. The van der Waals surface area contributed by atoms with Gasteiger partial charge in [0.05, 0.1) is 0 Å². The minimum absolute atomic E-state index is 0.0648. The van der Waals surface area contributed by atoms with Crippen LogP contribution in [0, 0.1) is 11.8 Å². The number of fused-ring (bicyclic) bond motifs is 4. The Hall–Kier alpha value is -4.16. The minimum Gasteiger partial charge on any atom is -0.0985 e. The van der Waals surface area contributed by atoms with Crippen molar-refractivity contribution in [3.63, 3.8) is 0 Å². The van der Waals surface area contributed by atoms with Gasteiger partial charge in [0.25, 0.3) is 0 Å². The summed E-state index contributed by atoms with van der Waals surface area (Å²) in [5, 5.41) is 0. The number of unbranched alkanes of at least 4 members (excludes halogenated alkanes) is 6. The number of aryl methyl sites for hydroxylation is 2. The normalized spacial score (nSPS) is 24.5. The van der Waals surface area contributed by atoms with E-state index in [0.717, 1.165) is 11.8 Å². The van der Waals surface area contributed by atoms with Crippen LogP contribution in [-0.2, 0) is 29.1 Å². The van der Waals surface area contributed by atoms with Gasteiger partial charge >= 0.3 is 0 Å². The third-order valence-electron chi connectivity index (χ3n) is 16.1. The minimum atomic E-state index is 0.0648. The molecule has 6 aliphatic carbocycles. The third kappa shape index (κ3) is 6.40. The molecule has 6 aliphatic rings. The van der Waals surface area contributed by atoms with Crippen molar-refractivity contribution in [3.8, 4) is 33.4 Å². The molecule has 4 saturated carbocycles. The summed E-state index contributed by atoms with van der Waals surface area (Å²) < 4.78 is 0. The first-order chi connectivity index (χ1) is 27.9. The van der Waals surface area contributed by atoms with Gasteiger partial charge in [-0.15, -0.1) is 0 Å². The van der Waals surface area contributed by atoms with Crippen molar-refractivity contribution in [2.75, 3.05) is 0 Å². The molecule has 292 valence electrons. The Morgan fingerprint density at radius 2 is 1.02 bits per heavy atom. The van der Waals surface area contributed by atoms with Crippen LogP contribution in [0.3, 0.4) is 0 Å². The van der Waals surface area contributed by atoms with E-state index >= 15 is 0 Å². The first-order valence-corrected chi connectivity index (χ1v) is 23.2. The highest BCUT2D eigenvalue weighted by Crippen LogP contribution is 2.66. The predicted octanol–water partition coefficient (Wildman–Crippen LogP) is 15.8. The Balaban J connectivity index is 1.00. The monoisotopic (exact) mass is 749 g/mol. The second-order valence-electron chi connectivity index (χ2n) is 19.6. The number of hydrogen-bond acceptors (Lipinski definition) is 0. The van der Waals surface area contributed by atoms with Gasteiger partial charge in [-0.3, -0.25) is 0 Å². The summed E-state index contributed by atoms with van der Waals surface area (Å²) in [6, 6.07) is 42.0. The summed E-state index contributed by atoms with van der Waals surface area (Å²) in [5.74, 6) is 1.70. The van der Waals surface area contributed by atoms with E-state index in [0.29, 0.717) is 10.8 Å². The molecule has 0 saturated heterocycles. The Kier molecular flexibility index (Phi) is 9.70. The molecule has 0 nitrogen and oxygen atoms in total. The predicted molar refractivity (Wildman–Crippen MR) is 243 cm³/mol. The van der Waals surface area contributed by atoms with E-state index in [-0.39, 0.29) is 5.41 Å². The van der Waals surface area contributed by atoms with Crippen LogP contribution in [-0.4, -0.2) is 0 Å². The number of rotatable bonds is 15. The van der Waals surface area contributed by atoms with Gasteiger partial charge in [-0.25, -0.2) is 0 Å². The van der Waals surface area contributed by atoms with Gasteiger partial charge in [-0.2, -0.15) is 0 Å². The van der Waals surface area contributed by atoms with E-state index < -0.39 is 0 Å². The zero-order valence-corrected chi connectivity index (χ0v) is 35.0. The average Bonchev–Trinajstić information content (AvgIpc) is 3.49. The van der Waals surface area contributed by atoms with E-state index in [1.165, 1.54) is 155 Å². The van der Waals surface area contributed by atoms with Crippen LogP contribution >= 0.6 is 0 Å². The molecular formula is C57H64. The van der Waals surface area contributed by atoms with Crippen LogP contribution in [0.1, 0.15) is 156 Å². The Bertz CT molecular complexity index is 2240. The third-order valence-corrected chi connectivity index (χ3v) is 16.1. The Morgan fingerprint density at radius 1 is 0.526 bits per heavy atom. The summed E-state index contributed by atoms with van der Waals surface area (Å²) in [6.45, 7) is 8.72. The van der Waals surface area contributed by atoms with Crippen LogP contribution in [0.15, 0.2) is 110 Å². The van der Waals surface area contributed by atoms with Crippen molar-refractivity contribution in [3.05, 3.63) is 149 Å². The lowest BCUT2D eigenvalue weighted by Gasteiger charge is -2.63. The van der Waals surface area contributed by atoms with E-state index in [1.54, 1.807) is 33.4 Å². The number of benzene rings is 5. The lowest BCUT2D eigenvalue weighted by molar-refractivity contribution is -0.0281. The maximum absolute atomic E-state index is 4.02. The molecular weight excluding hydrogens is 685 g/mol. The maximum Gasteiger partial charge on any atom is 0.0215 e. The lowest BCUT2D eigenvalue weighted by Crippen LogP contribution is -2.55. The molecule has 5 aromatic carbocycles. The molecule has 0 aliphatic heterocycles. The molecule has 57 heavy (non-hydrogen) atoms. The fraction of sp³-hybridized carbons (Fsp3) is 0.439. The van der Waals surface area contributed by atoms with Gasteiger partial charge in [0.2, 0.25) is 0 Å². The SMILES string of the molecule is C=Cc1ccc(C23CC4CC(C2)CC(c2ccc(-c5ccc6c(c5)C(CCCCCC)(CCCCCC)c5cc(-c7ccc8c(c7)CC8)ccc5-6)cc2)(C4)C3)cc1. The van der Waals surface area contributed by atoms with E-state index in [4.69, 9.17) is 0 Å². The Labute approximate surface area is 344 Å². The number of hydrogen-bond donors (Lipinski definition) is 0. The fourth-order valence-corrected chi connectivity index (χ4v) is 13.5. The molecule has 0 amide bonds. The summed E-state index contributed by atoms with van der Waals surface area (Å²) in [7, 11) is 0. The maximum atomic E-state index is 4.02. The van der Waals surface area contributed by atoms with Gasteiger partial charge in [0, 0.05) is 5.41 Å². The first-order valence-electron chi connectivity index (χ1n) is 23.2. The molecule has 0 spiro atoms. The highest BCUT2D eigenvalue weighted by atomic mass is 14.6. The molecule has 5 aromatic rings. The van der Waals surface area contributed by atoms with Crippen molar-refractivity contribution in [1.29, 1.82) is 0 Å². The van der Waals surface area contributed by atoms with E-state index in [2.05, 4.69) is 124 Å². The summed E-state index contributed by atoms with van der Waals surface area (Å²) in [5.41, 5.74) is 20.0.